The first-order valence-electron chi connectivity index (χ1n) is 4.83. The number of hydrogen-bond donors (Lipinski definition) is 0. The first kappa shape index (κ1) is 10.4. The van der Waals surface area contributed by atoms with E-state index in [9.17, 15) is 0 Å². The van der Waals surface area contributed by atoms with Crippen molar-refractivity contribution in [2.75, 3.05) is 0 Å². The molecule has 0 fully saturated rings. The number of aromatic nitrogens is 3. The summed E-state index contributed by atoms with van der Waals surface area (Å²) in [5.41, 5.74) is 0.676. The average molecular weight is 264 g/mol. The predicted molar refractivity (Wildman–Crippen MR) is 65.9 cm³/mol. The van der Waals surface area contributed by atoms with Crippen molar-refractivity contribution in [2.24, 2.45) is 0 Å². The van der Waals surface area contributed by atoms with Gasteiger partial charge in [0.25, 0.3) is 5.89 Å². The highest BCUT2D eigenvalue weighted by Crippen LogP contribution is 2.32. The Morgan fingerprint density at radius 3 is 2.88 bits per heavy atom. The number of hydrogen-bond acceptors (Lipinski definition) is 5. The van der Waals surface area contributed by atoms with Crippen molar-refractivity contribution < 1.29 is 4.52 Å². The summed E-state index contributed by atoms with van der Waals surface area (Å²) in [5.74, 6) is 0.885. The lowest BCUT2D eigenvalue weighted by Crippen LogP contribution is -1.83. The standard InChI is InChI=1S/C11H6ClN3OS/c12-7-4-6-17-9(7)11-14-10(15-16-11)8-3-1-2-5-13-8/h1-6H. The molecule has 17 heavy (non-hydrogen) atoms. The molecule has 0 radical (unpaired) electrons. The zero-order valence-corrected chi connectivity index (χ0v) is 10.1. The van der Waals surface area contributed by atoms with E-state index in [-0.39, 0.29) is 0 Å². The Balaban J connectivity index is 2.02. The van der Waals surface area contributed by atoms with Crippen molar-refractivity contribution in [1.82, 2.24) is 15.1 Å². The van der Waals surface area contributed by atoms with Crippen LogP contribution in [0, 0.1) is 0 Å². The Bertz CT molecular complexity index is 635. The van der Waals surface area contributed by atoms with Crippen LogP contribution in [0.4, 0.5) is 0 Å². The summed E-state index contributed by atoms with van der Waals surface area (Å²) in [5, 5.41) is 6.38. The number of rotatable bonds is 2. The molecule has 0 N–H and O–H groups in total. The summed E-state index contributed by atoms with van der Waals surface area (Å²) in [4.78, 5) is 9.20. The Labute approximate surface area is 106 Å². The average Bonchev–Trinajstić information content (AvgIpc) is 2.98. The van der Waals surface area contributed by atoms with E-state index in [2.05, 4.69) is 15.1 Å². The molecule has 0 saturated heterocycles. The third kappa shape index (κ3) is 1.94. The third-order valence-electron chi connectivity index (χ3n) is 2.13. The van der Waals surface area contributed by atoms with Crippen LogP contribution in [0.15, 0.2) is 40.4 Å². The molecule has 0 aliphatic carbocycles. The van der Waals surface area contributed by atoms with E-state index in [1.54, 1.807) is 12.3 Å². The second-order valence-electron chi connectivity index (χ2n) is 3.24. The monoisotopic (exact) mass is 263 g/mol. The van der Waals surface area contributed by atoms with Crippen LogP contribution in [-0.4, -0.2) is 15.1 Å². The van der Waals surface area contributed by atoms with Crippen LogP contribution in [0.25, 0.3) is 22.3 Å². The molecule has 6 heteroatoms. The lowest BCUT2D eigenvalue weighted by atomic mass is 10.3. The van der Waals surface area contributed by atoms with Gasteiger partial charge in [-0.2, -0.15) is 4.98 Å². The molecule has 3 heterocycles. The Kier molecular flexibility index (Phi) is 2.62. The van der Waals surface area contributed by atoms with Crippen molar-refractivity contribution >= 4 is 22.9 Å². The fourth-order valence-electron chi connectivity index (χ4n) is 1.36. The molecule has 0 atom stereocenters. The largest absolute Gasteiger partial charge is 0.333 e. The molecule has 3 aromatic rings. The summed E-state index contributed by atoms with van der Waals surface area (Å²) in [6.45, 7) is 0. The van der Waals surface area contributed by atoms with Gasteiger partial charge < -0.3 is 4.52 Å². The minimum absolute atomic E-state index is 0.422. The van der Waals surface area contributed by atoms with Gasteiger partial charge in [0.15, 0.2) is 0 Å². The van der Waals surface area contributed by atoms with E-state index < -0.39 is 0 Å². The predicted octanol–water partition coefficient (Wildman–Crippen LogP) is 3.51. The van der Waals surface area contributed by atoms with E-state index >= 15 is 0 Å². The molecular weight excluding hydrogens is 258 g/mol. The minimum atomic E-state index is 0.422. The van der Waals surface area contributed by atoms with Crippen molar-refractivity contribution in [3.8, 4) is 22.3 Å². The first-order chi connectivity index (χ1) is 8.34. The fraction of sp³-hybridized carbons (Fsp3) is 0. The second kappa shape index (κ2) is 4.27. The molecule has 0 spiro atoms. The van der Waals surface area contributed by atoms with Crippen LogP contribution >= 0.6 is 22.9 Å². The Morgan fingerprint density at radius 2 is 2.18 bits per heavy atom. The number of pyridine rings is 1. The van der Waals surface area contributed by atoms with Crippen molar-refractivity contribution in [3.63, 3.8) is 0 Å². The van der Waals surface area contributed by atoms with E-state index in [0.717, 1.165) is 4.88 Å². The molecule has 3 rings (SSSR count). The van der Waals surface area contributed by atoms with Gasteiger partial charge in [-0.15, -0.1) is 11.3 Å². The van der Waals surface area contributed by atoms with Gasteiger partial charge in [0.1, 0.15) is 10.6 Å². The van der Waals surface area contributed by atoms with Crippen LogP contribution < -0.4 is 0 Å². The highest BCUT2D eigenvalue weighted by Gasteiger charge is 2.14. The van der Waals surface area contributed by atoms with Gasteiger partial charge in [0, 0.05) is 6.20 Å². The number of thiophene rings is 1. The molecule has 0 bridgehead atoms. The number of halogens is 1. The highest BCUT2D eigenvalue weighted by atomic mass is 35.5. The van der Waals surface area contributed by atoms with E-state index in [1.165, 1.54) is 11.3 Å². The molecule has 84 valence electrons. The van der Waals surface area contributed by atoms with Gasteiger partial charge in [-0.3, -0.25) is 4.98 Å². The zero-order chi connectivity index (χ0) is 11.7. The van der Waals surface area contributed by atoms with Crippen LogP contribution in [0.1, 0.15) is 0 Å². The van der Waals surface area contributed by atoms with Crippen molar-refractivity contribution in [1.29, 1.82) is 0 Å². The molecule has 0 aromatic carbocycles. The maximum atomic E-state index is 6.00. The van der Waals surface area contributed by atoms with Gasteiger partial charge in [0.2, 0.25) is 5.82 Å². The molecule has 0 aliphatic heterocycles. The van der Waals surface area contributed by atoms with E-state index in [0.29, 0.717) is 22.4 Å². The lowest BCUT2D eigenvalue weighted by molar-refractivity contribution is 0.433. The normalized spacial score (nSPS) is 10.6. The summed E-state index contributed by atoms with van der Waals surface area (Å²) >= 11 is 7.46. The molecule has 4 nitrogen and oxygen atoms in total. The second-order valence-corrected chi connectivity index (χ2v) is 4.56. The van der Waals surface area contributed by atoms with Gasteiger partial charge in [0.05, 0.1) is 5.02 Å². The first-order valence-corrected chi connectivity index (χ1v) is 6.09. The summed E-state index contributed by atoms with van der Waals surface area (Å²) in [6.07, 6.45) is 1.68. The molecule has 0 amide bonds. The highest BCUT2D eigenvalue weighted by molar-refractivity contribution is 7.14. The summed E-state index contributed by atoms with van der Waals surface area (Å²) in [6, 6.07) is 7.33. The van der Waals surface area contributed by atoms with Gasteiger partial charge in [-0.1, -0.05) is 22.8 Å². The molecule has 0 aliphatic rings. The van der Waals surface area contributed by atoms with Crippen LogP contribution in [0.2, 0.25) is 5.02 Å². The molecule has 0 unspecified atom stereocenters. The topological polar surface area (TPSA) is 51.8 Å². The smallest absolute Gasteiger partial charge is 0.269 e. The fourth-order valence-corrected chi connectivity index (χ4v) is 2.42. The molecule has 0 saturated carbocycles. The van der Waals surface area contributed by atoms with Crippen LogP contribution in [0.5, 0.6) is 0 Å². The van der Waals surface area contributed by atoms with Crippen LogP contribution in [-0.2, 0) is 0 Å². The van der Waals surface area contributed by atoms with Gasteiger partial charge in [-0.25, -0.2) is 0 Å². The quantitative estimate of drug-likeness (QED) is 0.710. The summed E-state index contributed by atoms with van der Waals surface area (Å²) < 4.78 is 5.17. The third-order valence-corrected chi connectivity index (χ3v) is 3.46. The Morgan fingerprint density at radius 1 is 1.24 bits per heavy atom. The Hall–Kier alpha value is -1.72. The maximum absolute atomic E-state index is 6.00. The van der Waals surface area contributed by atoms with Gasteiger partial charge >= 0.3 is 0 Å². The van der Waals surface area contributed by atoms with Gasteiger partial charge in [-0.05, 0) is 23.6 Å². The van der Waals surface area contributed by atoms with E-state index in [1.807, 2.05) is 23.6 Å². The summed E-state index contributed by atoms with van der Waals surface area (Å²) in [7, 11) is 0. The SMILES string of the molecule is Clc1ccsc1-c1nc(-c2ccccn2)no1. The molecular formula is C11H6ClN3OS. The van der Waals surface area contributed by atoms with E-state index in [4.69, 9.17) is 16.1 Å². The molecule has 3 aromatic heterocycles. The lowest BCUT2D eigenvalue weighted by Gasteiger charge is -1.89. The van der Waals surface area contributed by atoms with Crippen molar-refractivity contribution in [3.05, 3.63) is 40.9 Å². The maximum Gasteiger partial charge on any atom is 0.269 e. The minimum Gasteiger partial charge on any atom is -0.333 e. The van der Waals surface area contributed by atoms with Crippen molar-refractivity contribution in [2.45, 2.75) is 0 Å². The zero-order valence-electron chi connectivity index (χ0n) is 8.50. The number of nitrogens with zero attached hydrogens (tertiary/aromatic N) is 3. The van der Waals surface area contributed by atoms with Crippen LogP contribution in [0.3, 0.4) is 0 Å².